The van der Waals surface area contributed by atoms with Crippen molar-refractivity contribution in [1.82, 2.24) is 4.90 Å². The zero-order chi connectivity index (χ0) is 9.84. The maximum Gasteiger partial charge on any atom is 0.222 e. The Hall–Kier alpha value is -0.570. The van der Waals surface area contributed by atoms with Crippen LogP contribution in [0.3, 0.4) is 0 Å². The topological polar surface area (TPSA) is 40.5 Å². The number of hydrogen-bond acceptors (Lipinski definition) is 2. The molecule has 1 atom stereocenters. The van der Waals surface area contributed by atoms with Crippen molar-refractivity contribution < 1.29 is 9.90 Å². The zero-order valence-electron chi connectivity index (χ0n) is 8.49. The van der Waals surface area contributed by atoms with Gasteiger partial charge in [-0.2, -0.15) is 0 Å². The monoisotopic (exact) mass is 185 g/mol. The van der Waals surface area contributed by atoms with Crippen molar-refractivity contribution in [3.05, 3.63) is 0 Å². The molecule has 3 nitrogen and oxygen atoms in total. The van der Waals surface area contributed by atoms with Gasteiger partial charge in [0.15, 0.2) is 0 Å². The van der Waals surface area contributed by atoms with E-state index in [1.54, 1.807) is 4.90 Å². The van der Waals surface area contributed by atoms with Gasteiger partial charge in [0, 0.05) is 19.5 Å². The molecule has 3 heteroatoms. The summed E-state index contributed by atoms with van der Waals surface area (Å²) in [5.41, 5.74) is 0. The number of rotatable bonds is 4. The first-order chi connectivity index (χ1) is 6.09. The van der Waals surface area contributed by atoms with Crippen LogP contribution < -0.4 is 0 Å². The molecule has 0 aromatic heterocycles. The van der Waals surface area contributed by atoms with Crippen LogP contribution >= 0.6 is 0 Å². The van der Waals surface area contributed by atoms with Gasteiger partial charge < -0.3 is 10.0 Å². The summed E-state index contributed by atoms with van der Waals surface area (Å²) in [7, 11) is 0. The van der Waals surface area contributed by atoms with Crippen molar-refractivity contribution in [2.24, 2.45) is 5.92 Å². The molecule has 13 heavy (non-hydrogen) atoms. The standard InChI is InChI=1S/C10H19NO2/c1-8(2)6-9(12)7-11-5-3-4-10(11)13/h8-9,12H,3-7H2,1-2H3. The Morgan fingerprint density at radius 3 is 2.69 bits per heavy atom. The summed E-state index contributed by atoms with van der Waals surface area (Å²) in [6.45, 7) is 5.51. The quantitative estimate of drug-likeness (QED) is 0.710. The molecule has 0 aromatic carbocycles. The molecular formula is C10H19NO2. The van der Waals surface area contributed by atoms with E-state index in [0.29, 0.717) is 18.9 Å². The first kappa shape index (κ1) is 10.5. The zero-order valence-corrected chi connectivity index (χ0v) is 8.49. The molecule has 0 spiro atoms. The molecule has 1 heterocycles. The van der Waals surface area contributed by atoms with Crippen molar-refractivity contribution in [3.8, 4) is 0 Å². The van der Waals surface area contributed by atoms with Gasteiger partial charge in [0.05, 0.1) is 6.10 Å². The highest BCUT2D eigenvalue weighted by molar-refractivity contribution is 5.78. The normalized spacial score (nSPS) is 20.0. The van der Waals surface area contributed by atoms with E-state index in [1.165, 1.54) is 0 Å². The van der Waals surface area contributed by atoms with Crippen LogP contribution in [0.15, 0.2) is 0 Å². The average Bonchev–Trinajstić information content (AvgIpc) is 2.34. The predicted octanol–water partition coefficient (Wildman–Crippen LogP) is 1.02. The third kappa shape index (κ3) is 3.35. The molecule has 1 rings (SSSR count). The Morgan fingerprint density at radius 1 is 1.54 bits per heavy atom. The fourth-order valence-electron chi connectivity index (χ4n) is 1.77. The van der Waals surface area contributed by atoms with E-state index in [9.17, 15) is 9.90 Å². The van der Waals surface area contributed by atoms with Crippen molar-refractivity contribution in [2.75, 3.05) is 13.1 Å². The number of likely N-dealkylation sites (tertiary alicyclic amines) is 1. The molecule has 0 aromatic rings. The molecule has 76 valence electrons. The van der Waals surface area contributed by atoms with E-state index in [0.717, 1.165) is 19.4 Å². The number of aliphatic hydroxyl groups excluding tert-OH is 1. The van der Waals surface area contributed by atoms with Crippen LogP contribution in [-0.2, 0) is 4.79 Å². The van der Waals surface area contributed by atoms with Gasteiger partial charge in [-0.3, -0.25) is 4.79 Å². The highest BCUT2D eigenvalue weighted by Crippen LogP contribution is 2.12. The summed E-state index contributed by atoms with van der Waals surface area (Å²) >= 11 is 0. The van der Waals surface area contributed by atoms with E-state index in [1.807, 2.05) is 0 Å². The van der Waals surface area contributed by atoms with Gasteiger partial charge in [-0.1, -0.05) is 13.8 Å². The second kappa shape index (κ2) is 4.61. The van der Waals surface area contributed by atoms with E-state index in [-0.39, 0.29) is 12.0 Å². The second-order valence-corrected chi connectivity index (χ2v) is 4.23. The Kier molecular flexibility index (Phi) is 3.72. The summed E-state index contributed by atoms with van der Waals surface area (Å²) in [6, 6.07) is 0. The largest absolute Gasteiger partial charge is 0.391 e. The Morgan fingerprint density at radius 2 is 2.23 bits per heavy atom. The molecular weight excluding hydrogens is 166 g/mol. The molecule has 0 aliphatic carbocycles. The van der Waals surface area contributed by atoms with E-state index >= 15 is 0 Å². The van der Waals surface area contributed by atoms with Gasteiger partial charge in [0.25, 0.3) is 0 Å². The van der Waals surface area contributed by atoms with Crippen LogP contribution in [0.4, 0.5) is 0 Å². The van der Waals surface area contributed by atoms with E-state index in [2.05, 4.69) is 13.8 Å². The van der Waals surface area contributed by atoms with E-state index in [4.69, 9.17) is 0 Å². The minimum atomic E-state index is -0.345. The summed E-state index contributed by atoms with van der Waals surface area (Å²) in [4.78, 5) is 13.0. The number of carbonyl (C=O) groups is 1. The lowest BCUT2D eigenvalue weighted by Gasteiger charge is -2.20. The summed E-state index contributed by atoms with van der Waals surface area (Å²) in [6.07, 6.45) is 2.05. The number of hydrogen-bond donors (Lipinski definition) is 1. The predicted molar refractivity (Wildman–Crippen MR) is 51.3 cm³/mol. The van der Waals surface area contributed by atoms with Crippen molar-refractivity contribution >= 4 is 5.91 Å². The van der Waals surface area contributed by atoms with Gasteiger partial charge in [-0.25, -0.2) is 0 Å². The average molecular weight is 185 g/mol. The summed E-state index contributed by atoms with van der Waals surface area (Å²) in [5.74, 6) is 0.690. The molecule has 1 aliphatic rings. The molecule has 1 fully saturated rings. The van der Waals surface area contributed by atoms with Crippen molar-refractivity contribution in [3.63, 3.8) is 0 Å². The fourth-order valence-corrected chi connectivity index (χ4v) is 1.77. The molecule has 1 aliphatic heterocycles. The third-order valence-corrected chi connectivity index (χ3v) is 2.35. The third-order valence-electron chi connectivity index (χ3n) is 2.35. The number of aliphatic hydroxyl groups is 1. The number of nitrogens with zero attached hydrogens (tertiary/aromatic N) is 1. The lowest BCUT2D eigenvalue weighted by Crippen LogP contribution is -2.33. The van der Waals surface area contributed by atoms with Crippen LogP contribution in [-0.4, -0.2) is 35.1 Å². The minimum absolute atomic E-state index is 0.197. The highest BCUT2D eigenvalue weighted by Gasteiger charge is 2.22. The van der Waals surface area contributed by atoms with Crippen LogP contribution in [0.2, 0.25) is 0 Å². The van der Waals surface area contributed by atoms with Crippen LogP contribution in [0.1, 0.15) is 33.1 Å². The number of carbonyl (C=O) groups excluding carboxylic acids is 1. The molecule has 1 unspecified atom stereocenters. The minimum Gasteiger partial charge on any atom is -0.391 e. The lowest BCUT2D eigenvalue weighted by atomic mass is 10.1. The smallest absolute Gasteiger partial charge is 0.222 e. The fraction of sp³-hybridized carbons (Fsp3) is 0.900. The summed E-state index contributed by atoms with van der Waals surface area (Å²) < 4.78 is 0. The lowest BCUT2D eigenvalue weighted by molar-refractivity contribution is -0.129. The van der Waals surface area contributed by atoms with Crippen LogP contribution in [0.5, 0.6) is 0 Å². The van der Waals surface area contributed by atoms with Gasteiger partial charge in [0.2, 0.25) is 5.91 Å². The molecule has 0 radical (unpaired) electrons. The Bertz CT molecular complexity index is 180. The Labute approximate surface area is 79.7 Å². The van der Waals surface area contributed by atoms with Gasteiger partial charge in [0.1, 0.15) is 0 Å². The van der Waals surface area contributed by atoms with Crippen LogP contribution in [0.25, 0.3) is 0 Å². The highest BCUT2D eigenvalue weighted by atomic mass is 16.3. The second-order valence-electron chi connectivity index (χ2n) is 4.23. The first-order valence-electron chi connectivity index (χ1n) is 5.05. The Balaban J connectivity index is 2.27. The van der Waals surface area contributed by atoms with Gasteiger partial charge in [-0.15, -0.1) is 0 Å². The number of amides is 1. The molecule has 1 N–H and O–H groups in total. The van der Waals surface area contributed by atoms with Crippen molar-refractivity contribution in [1.29, 1.82) is 0 Å². The first-order valence-corrected chi connectivity index (χ1v) is 5.05. The van der Waals surface area contributed by atoms with Gasteiger partial charge in [-0.05, 0) is 18.8 Å². The maximum absolute atomic E-state index is 11.2. The van der Waals surface area contributed by atoms with E-state index < -0.39 is 0 Å². The maximum atomic E-state index is 11.2. The molecule has 0 bridgehead atoms. The van der Waals surface area contributed by atoms with Crippen molar-refractivity contribution in [2.45, 2.75) is 39.2 Å². The molecule has 1 saturated heterocycles. The van der Waals surface area contributed by atoms with Gasteiger partial charge >= 0.3 is 0 Å². The SMILES string of the molecule is CC(C)CC(O)CN1CCCC1=O. The molecule has 0 saturated carbocycles. The molecule has 1 amide bonds. The number of β-amino-alcohol motifs (C(OH)–C–C–N with tert-alkyl or cyclic N) is 1. The van der Waals surface area contributed by atoms with Crippen LogP contribution in [0, 0.1) is 5.92 Å². The summed E-state index contributed by atoms with van der Waals surface area (Å²) in [5, 5.41) is 9.60.